The highest BCUT2D eigenvalue weighted by molar-refractivity contribution is 8.13. The molecular formula is C32H44NO4PS. The molecule has 0 aliphatic heterocycles. The van der Waals surface area contributed by atoms with E-state index in [-0.39, 0.29) is 11.7 Å². The van der Waals surface area contributed by atoms with Crippen molar-refractivity contribution >= 4 is 25.6 Å². The van der Waals surface area contributed by atoms with E-state index < -0.39 is 19.7 Å². The first-order valence-electron chi connectivity index (χ1n) is 13.6. The van der Waals surface area contributed by atoms with Gasteiger partial charge in [-0.15, -0.1) is 0 Å². The molecule has 0 saturated heterocycles. The molecule has 5 nitrogen and oxygen atoms in total. The molecule has 3 aromatic rings. The Bertz CT molecular complexity index is 991. The Hall–Kier alpha value is -2.21. The van der Waals surface area contributed by atoms with Crippen molar-refractivity contribution in [3.05, 3.63) is 108 Å². The van der Waals surface area contributed by atoms with Crippen molar-refractivity contribution in [1.82, 2.24) is 4.90 Å². The quantitative estimate of drug-likeness (QED) is 0.115. The van der Waals surface area contributed by atoms with E-state index in [1.165, 1.54) is 31.4 Å². The Labute approximate surface area is 240 Å². The van der Waals surface area contributed by atoms with Crippen LogP contribution < -0.4 is 0 Å². The van der Waals surface area contributed by atoms with Gasteiger partial charge in [-0.25, -0.2) is 0 Å². The molecule has 212 valence electrons. The second kappa shape index (κ2) is 17.5. The van der Waals surface area contributed by atoms with E-state index in [4.69, 9.17) is 9.26 Å². The van der Waals surface area contributed by atoms with E-state index in [1.54, 1.807) is 0 Å². The van der Waals surface area contributed by atoms with Crippen LogP contribution in [0.15, 0.2) is 91.0 Å². The van der Waals surface area contributed by atoms with Crippen LogP contribution >= 0.6 is 20.4 Å². The first-order chi connectivity index (χ1) is 18.9. The number of benzene rings is 3. The van der Waals surface area contributed by atoms with Crippen LogP contribution in [0.25, 0.3) is 0 Å². The zero-order valence-corrected chi connectivity index (χ0v) is 25.9. The van der Waals surface area contributed by atoms with Crippen molar-refractivity contribution in [2.75, 3.05) is 38.6 Å². The van der Waals surface area contributed by atoms with Crippen molar-refractivity contribution in [2.24, 2.45) is 5.41 Å². The molecule has 0 amide bonds. The molecule has 3 rings (SSSR count). The highest BCUT2D eigenvalue weighted by Gasteiger charge is 2.40. The lowest BCUT2D eigenvalue weighted by Gasteiger charge is -2.38. The lowest BCUT2D eigenvalue weighted by atomic mass is 9.79. The molecule has 0 aliphatic carbocycles. The van der Waals surface area contributed by atoms with E-state index in [9.17, 15) is 9.36 Å². The monoisotopic (exact) mass is 569 g/mol. The second-order valence-electron chi connectivity index (χ2n) is 9.67. The van der Waals surface area contributed by atoms with Gasteiger partial charge in [0, 0.05) is 5.75 Å². The van der Waals surface area contributed by atoms with Gasteiger partial charge in [-0.1, -0.05) is 124 Å². The molecule has 0 saturated carbocycles. The molecular weight excluding hydrogens is 525 g/mol. The normalized spacial score (nSPS) is 11.9. The molecule has 0 aliphatic rings. The van der Waals surface area contributed by atoms with Gasteiger partial charge < -0.3 is 14.2 Å². The van der Waals surface area contributed by atoms with Gasteiger partial charge in [-0.05, 0) is 50.2 Å². The van der Waals surface area contributed by atoms with E-state index in [0.717, 1.165) is 16.7 Å². The van der Waals surface area contributed by atoms with Gasteiger partial charge in [0.25, 0.3) is 0 Å². The third-order valence-electron chi connectivity index (χ3n) is 6.59. The number of carbonyl (C=O) groups excluding carboxylic acids is 1. The summed E-state index contributed by atoms with van der Waals surface area (Å²) < 4.78 is 22.2. The van der Waals surface area contributed by atoms with Crippen molar-refractivity contribution in [2.45, 2.75) is 40.2 Å². The second-order valence-corrected chi connectivity index (χ2v) is 11.3. The molecule has 0 radical (unpaired) electrons. The average Bonchev–Trinajstić information content (AvgIpc) is 2.98. The fourth-order valence-corrected chi connectivity index (χ4v) is 5.41. The summed E-state index contributed by atoms with van der Waals surface area (Å²) in [5, 5.41) is 0.0186. The van der Waals surface area contributed by atoms with Crippen molar-refractivity contribution in [1.29, 1.82) is 0 Å². The minimum atomic E-state index is -1.24. The van der Waals surface area contributed by atoms with Crippen LogP contribution in [0.4, 0.5) is 0 Å². The molecule has 7 heteroatoms. The average molecular weight is 570 g/mol. The van der Waals surface area contributed by atoms with Crippen molar-refractivity contribution in [3.63, 3.8) is 0 Å². The maximum absolute atomic E-state index is 12.9. The van der Waals surface area contributed by atoms with E-state index in [0.29, 0.717) is 12.4 Å². The highest BCUT2D eigenvalue weighted by atomic mass is 32.2. The largest absolute Gasteiger partial charge is 0.360 e. The van der Waals surface area contributed by atoms with E-state index in [1.807, 2.05) is 68.4 Å². The Morgan fingerprint density at radius 2 is 1.18 bits per heavy atom. The molecule has 1 atom stereocenters. The van der Waals surface area contributed by atoms with Crippen LogP contribution in [0, 0.1) is 5.41 Å². The first kappa shape index (κ1) is 33.0. The SMILES string of the molecule is CC(C)(COC(c1ccccc1)(c1ccccc1)c1ccccc1)C(=O)SCCO[PH2]=O.CCN(CC)CC. The fraction of sp³-hybridized carbons (Fsp3) is 0.406. The van der Waals surface area contributed by atoms with Gasteiger partial charge in [0.2, 0.25) is 0 Å². The summed E-state index contributed by atoms with van der Waals surface area (Å²) in [6.07, 6.45) is 0. The fourth-order valence-electron chi connectivity index (χ4n) is 4.21. The minimum absolute atomic E-state index is 0.0186. The maximum atomic E-state index is 12.9. The summed E-state index contributed by atoms with van der Waals surface area (Å²) in [6, 6.07) is 30.3. The standard InChI is InChI=1S/C26H29O4PS.C6H15N/c1-25(2,24(27)32-19-18-30-31-28)20-29-26(21-12-6-3-7-13-21,22-14-8-4-9-15-22)23-16-10-5-11-17-23;1-4-7(5-2)6-3/h3-17H,18-20,31H2,1-2H3;4-6H2,1-3H3. The van der Waals surface area contributed by atoms with Crippen LogP contribution in [-0.4, -0.2) is 48.6 Å². The predicted molar refractivity (Wildman–Crippen MR) is 166 cm³/mol. The van der Waals surface area contributed by atoms with Crippen LogP contribution in [0.2, 0.25) is 0 Å². The van der Waals surface area contributed by atoms with Gasteiger partial charge >= 0.3 is 0 Å². The number of hydrogen-bond donors (Lipinski definition) is 0. The zero-order valence-electron chi connectivity index (χ0n) is 24.0. The smallest absolute Gasteiger partial charge is 0.196 e. The number of nitrogens with zero attached hydrogens (tertiary/aromatic N) is 1. The molecule has 0 aromatic heterocycles. The van der Waals surface area contributed by atoms with E-state index >= 15 is 0 Å². The van der Waals surface area contributed by atoms with Gasteiger partial charge in [0.05, 0.1) is 18.6 Å². The number of carbonyl (C=O) groups is 1. The summed E-state index contributed by atoms with van der Waals surface area (Å²) in [7, 11) is -1.24. The molecule has 0 fully saturated rings. The third kappa shape index (κ3) is 9.73. The Morgan fingerprint density at radius 1 is 0.769 bits per heavy atom. The van der Waals surface area contributed by atoms with Crippen LogP contribution in [0.1, 0.15) is 51.3 Å². The van der Waals surface area contributed by atoms with Gasteiger partial charge in [-0.2, -0.15) is 0 Å². The Balaban J connectivity index is 0.000000673. The summed E-state index contributed by atoms with van der Waals surface area (Å²) in [5.41, 5.74) is 1.42. The van der Waals surface area contributed by atoms with Gasteiger partial charge in [0.15, 0.2) is 13.8 Å². The van der Waals surface area contributed by atoms with Crippen molar-refractivity contribution in [3.8, 4) is 0 Å². The molecule has 39 heavy (non-hydrogen) atoms. The molecule has 0 N–H and O–H groups in total. The predicted octanol–water partition coefficient (Wildman–Crippen LogP) is 7.32. The van der Waals surface area contributed by atoms with E-state index in [2.05, 4.69) is 62.1 Å². The minimum Gasteiger partial charge on any atom is -0.360 e. The number of hydrogen-bond acceptors (Lipinski definition) is 6. The molecule has 0 bridgehead atoms. The summed E-state index contributed by atoms with van der Waals surface area (Å²) in [4.78, 5) is 15.3. The summed E-state index contributed by atoms with van der Waals surface area (Å²) in [6.45, 7) is 14.4. The molecule has 1 unspecified atom stereocenters. The molecule has 3 aromatic carbocycles. The number of rotatable bonds is 14. The third-order valence-corrected chi connectivity index (χ3v) is 8.14. The first-order valence-corrected chi connectivity index (χ1v) is 15.5. The molecule has 0 spiro atoms. The maximum Gasteiger partial charge on any atom is 0.196 e. The topological polar surface area (TPSA) is 55.8 Å². The van der Waals surface area contributed by atoms with Crippen molar-refractivity contribution < 1.29 is 18.6 Å². The van der Waals surface area contributed by atoms with Crippen LogP contribution in [0.3, 0.4) is 0 Å². The van der Waals surface area contributed by atoms with Crippen LogP contribution in [0.5, 0.6) is 0 Å². The molecule has 0 heterocycles. The summed E-state index contributed by atoms with van der Waals surface area (Å²) >= 11 is 1.19. The number of ether oxygens (including phenoxy) is 1. The highest BCUT2D eigenvalue weighted by Crippen LogP contribution is 2.42. The van der Waals surface area contributed by atoms with Gasteiger partial charge in [-0.3, -0.25) is 9.36 Å². The lowest BCUT2D eigenvalue weighted by molar-refractivity contribution is -0.124. The number of thioether (sulfide) groups is 1. The summed E-state index contributed by atoms with van der Waals surface area (Å²) in [5.74, 6) is 0.471. The zero-order chi connectivity index (χ0) is 28.6. The lowest BCUT2D eigenvalue weighted by Crippen LogP contribution is -2.38. The van der Waals surface area contributed by atoms with Crippen LogP contribution in [-0.2, 0) is 24.2 Å². The van der Waals surface area contributed by atoms with Gasteiger partial charge in [0.1, 0.15) is 5.60 Å². The Kier molecular flexibility index (Phi) is 14.8. The Morgan fingerprint density at radius 3 is 1.51 bits per heavy atom.